The van der Waals surface area contributed by atoms with Crippen molar-refractivity contribution in [3.8, 4) is 0 Å². The highest BCUT2D eigenvalue weighted by Gasteiger charge is 2.27. The number of H-pyrrole nitrogens is 1. The quantitative estimate of drug-likeness (QED) is 0.779. The van der Waals surface area contributed by atoms with E-state index in [-0.39, 0.29) is 17.3 Å². The first-order valence-corrected chi connectivity index (χ1v) is 3.57. The number of nitrogens with one attached hydrogen (secondary N) is 1. The predicted octanol–water partition coefficient (Wildman–Crippen LogP) is 1.81. The summed E-state index contributed by atoms with van der Waals surface area (Å²) >= 11 is 4.47. The Kier molecular flexibility index (Phi) is 3.04. The molecule has 8 heteroatoms. The van der Waals surface area contributed by atoms with Crippen LogP contribution in [0.1, 0.15) is 5.82 Å². The SMILES string of the molecule is FC(F)(F)COCc1nc(=S)o[nH]1. The Morgan fingerprint density at radius 2 is 2.23 bits per heavy atom. The zero-order valence-electron chi connectivity index (χ0n) is 6.22. The molecule has 1 aromatic rings. The summed E-state index contributed by atoms with van der Waals surface area (Å²) in [6.07, 6.45) is -4.33. The average Bonchev–Trinajstić information content (AvgIpc) is 2.33. The Morgan fingerprint density at radius 1 is 1.54 bits per heavy atom. The van der Waals surface area contributed by atoms with E-state index < -0.39 is 12.8 Å². The fourth-order valence-corrected chi connectivity index (χ4v) is 0.735. The molecule has 0 unspecified atom stereocenters. The van der Waals surface area contributed by atoms with Gasteiger partial charge in [-0.25, -0.2) is 5.16 Å². The zero-order chi connectivity index (χ0) is 9.90. The second-order valence-corrected chi connectivity index (χ2v) is 2.49. The van der Waals surface area contributed by atoms with Crippen LogP contribution in [-0.4, -0.2) is 22.9 Å². The number of nitrogens with zero attached hydrogens (tertiary/aromatic N) is 1. The summed E-state index contributed by atoms with van der Waals surface area (Å²) in [6, 6.07) is 0. The average molecular weight is 214 g/mol. The topological polar surface area (TPSA) is 51.1 Å². The highest BCUT2D eigenvalue weighted by Crippen LogP contribution is 2.14. The minimum Gasteiger partial charge on any atom is -0.364 e. The Bertz CT molecular complexity index is 318. The standard InChI is InChI=1S/C5H5F3N2O2S/c6-5(7,8)2-11-1-3-9-4(13)12-10-3/h1-2H2,(H,9,10,13). The summed E-state index contributed by atoms with van der Waals surface area (Å²) in [7, 11) is 0. The number of alkyl halides is 3. The van der Waals surface area contributed by atoms with Crippen LogP contribution in [0.3, 0.4) is 0 Å². The van der Waals surface area contributed by atoms with Crippen molar-refractivity contribution in [1.29, 1.82) is 0 Å². The molecule has 13 heavy (non-hydrogen) atoms. The molecule has 1 rings (SSSR count). The van der Waals surface area contributed by atoms with Gasteiger partial charge in [0.25, 0.3) is 0 Å². The molecule has 0 aliphatic carbocycles. The van der Waals surface area contributed by atoms with E-state index in [1.54, 1.807) is 0 Å². The van der Waals surface area contributed by atoms with E-state index in [1.807, 2.05) is 0 Å². The van der Waals surface area contributed by atoms with Crippen LogP contribution in [0.15, 0.2) is 4.52 Å². The first-order chi connectivity index (χ1) is 5.97. The first kappa shape index (κ1) is 10.2. The van der Waals surface area contributed by atoms with E-state index in [0.717, 1.165) is 0 Å². The number of rotatable bonds is 3. The molecule has 1 N–H and O–H groups in total. The Labute approximate surface area is 75.7 Å². The van der Waals surface area contributed by atoms with Crippen molar-refractivity contribution >= 4 is 12.2 Å². The molecule has 0 aliphatic heterocycles. The van der Waals surface area contributed by atoms with Gasteiger partial charge >= 0.3 is 11.0 Å². The molecule has 0 radical (unpaired) electrons. The second-order valence-electron chi connectivity index (χ2n) is 2.14. The lowest BCUT2D eigenvalue weighted by Crippen LogP contribution is -2.16. The first-order valence-electron chi connectivity index (χ1n) is 3.16. The van der Waals surface area contributed by atoms with Crippen LogP contribution in [-0.2, 0) is 11.3 Å². The normalized spacial score (nSPS) is 11.9. The van der Waals surface area contributed by atoms with Gasteiger partial charge in [0.05, 0.1) is 0 Å². The number of aromatic amines is 1. The molecule has 0 fully saturated rings. The van der Waals surface area contributed by atoms with Crippen LogP contribution in [0.4, 0.5) is 13.2 Å². The Hall–Kier alpha value is -0.890. The van der Waals surface area contributed by atoms with Crippen LogP contribution in [0, 0.1) is 4.84 Å². The summed E-state index contributed by atoms with van der Waals surface area (Å²) < 4.78 is 43.4. The molecule has 0 saturated heterocycles. The zero-order valence-corrected chi connectivity index (χ0v) is 7.04. The fraction of sp³-hybridized carbons (Fsp3) is 0.600. The smallest absolute Gasteiger partial charge is 0.364 e. The van der Waals surface area contributed by atoms with Crippen LogP contribution in [0.2, 0.25) is 0 Å². The molecule has 0 spiro atoms. The summed E-state index contributed by atoms with van der Waals surface area (Å²) in [5.41, 5.74) is 0. The number of ether oxygens (including phenoxy) is 1. The highest BCUT2D eigenvalue weighted by atomic mass is 32.1. The number of halogens is 3. The van der Waals surface area contributed by atoms with Crippen molar-refractivity contribution in [2.75, 3.05) is 6.61 Å². The third-order valence-corrected chi connectivity index (χ3v) is 1.16. The highest BCUT2D eigenvalue weighted by molar-refractivity contribution is 7.71. The third-order valence-electron chi connectivity index (χ3n) is 0.987. The maximum atomic E-state index is 11.6. The molecule has 0 bridgehead atoms. The molecule has 74 valence electrons. The lowest BCUT2D eigenvalue weighted by Gasteiger charge is -2.04. The van der Waals surface area contributed by atoms with E-state index in [0.29, 0.717) is 0 Å². The van der Waals surface area contributed by atoms with Crippen LogP contribution in [0.25, 0.3) is 0 Å². The van der Waals surface area contributed by atoms with Gasteiger partial charge in [0.1, 0.15) is 13.2 Å². The molecule has 1 aromatic heterocycles. The molecule has 0 saturated carbocycles. The van der Waals surface area contributed by atoms with E-state index >= 15 is 0 Å². The van der Waals surface area contributed by atoms with Gasteiger partial charge in [0, 0.05) is 0 Å². The molecular formula is C5H5F3N2O2S. The minimum absolute atomic E-state index is 0.0643. The van der Waals surface area contributed by atoms with Crippen LogP contribution >= 0.6 is 12.2 Å². The van der Waals surface area contributed by atoms with Crippen molar-refractivity contribution in [3.05, 3.63) is 10.7 Å². The van der Waals surface area contributed by atoms with Gasteiger partial charge in [-0.15, -0.1) is 0 Å². The van der Waals surface area contributed by atoms with Gasteiger partial charge < -0.3 is 9.26 Å². The summed E-state index contributed by atoms with van der Waals surface area (Å²) in [5, 5.41) is 2.21. The van der Waals surface area contributed by atoms with Gasteiger partial charge in [0.2, 0.25) is 0 Å². The van der Waals surface area contributed by atoms with Crippen LogP contribution in [0.5, 0.6) is 0 Å². The number of aromatic nitrogens is 2. The van der Waals surface area contributed by atoms with Crippen molar-refractivity contribution in [2.24, 2.45) is 0 Å². The summed E-state index contributed by atoms with van der Waals surface area (Å²) in [6.45, 7) is -1.62. The molecule has 0 amide bonds. The van der Waals surface area contributed by atoms with E-state index in [4.69, 9.17) is 0 Å². The van der Waals surface area contributed by atoms with Crippen molar-refractivity contribution in [2.45, 2.75) is 12.8 Å². The monoisotopic (exact) mass is 214 g/mol. The lowest BCUT2D eigenvalue weighted by atomic mass is 10.6. The fourth-order valence-electron chi connectivity index (χ4n) is 0.584. The third kappa shape index (κ3) is 4.04. The largest absolute Gasteiger partial charge is 0.411 e. The Morgan fingerprint density at radius 3 is 2.69 bits per heavy atom. The molecule has 4 nitrogen and oxygen atoms in total. The van der Waals surface area contributed by atoms with Gasteiger partial charge in [-0.05, 0) is 12.2 Å². The Balaban J connectivity index is 2.32. The van der Waals surface area contributed by atoms with E-state index in [1.165, 1.54) is 0 Å². The minimum atomic E-state index is -4.33. The second kappa shape index (κ2) is 3.88. The van der Waals surface area contributed by atoms with Crippen LogP contribution < -0.4 is 0 Å². The summed E-state index contributed by atoms with van der Waals surface area (Å²) in [4.78, 5) is 3.47. The van der Waals surface area contributed by atoms with E-state index in [2.05, 4.69) is 31.6 Å². The summed E-state index contributed by atoms with van der Waals surface area (Å²) in [5.74, 6) is 0.134. The van der Waals surface area contributed by atoms with Crippen molar-refractivity contribution in [1.82, 2.24) is 10.1 Å². The van der Waals surface area contributed by atoms with Crippen molar-refractivity contribution in [3.63, 3.8) is 0 Å². The number of hydrogen-bond acceptors (Lipinski definition) is 4. The van der Waals surface area contributed by atoms with Crippen molar-refractivity contribution < 1.29 is 22.4 Å². The van der Waals surface area contributed by atoms with Gasteiger partial charge in [-0.2, -0.15) is 18.2 Å². The molecule has 0 atom stereocenters. The number of hydrogen-bond donors (Lipinski definition) is 1. The molecule has 1 heterocycles. The molecule has 0 aliphatic rings. The van der Waals surface area contributed by atoms with Gasteiger partial charge in [-0.1, -0.05) is 0 Å². The van der Waals surface area contributed by atoms with E-state index in [9.17, 15) is 13.2 Å². The van der Waals surface area contributed by atoms with Gasteiger partial charge in [0.15, 0.2) is 5.82 Å². The molecular weight excluding hydrogens is 209 g/mol. The predicted molar refractivity (Wildman–Crippen MR) is 37.4 cm³/mol. The van der Waals surface area contributed by atoms with Gasteiger partial charge in [-0.3, -0.25) is 0 Å². The maximum absolute atomic E-state index is 11.6. The lowest BCUT2D eigenvalue weighted by molar-refractivity contribution is -0.177. The maximum Gasteiger partial charge on any atom is 0.411 e. The molecule has 0 aromatic carbocycles.